The molecule has 0 bridgehead atoms. The van der Waals surface area contributed by atoms with Gasteiger partial charge in [0.15, 0.2) is 0 Å². The van der Waals surface area contributed by atoms with Crippen LogP contribution in [0.2, 0.25) is 0 Å². The zero-order valence-corrected chi connectivity index (χ0v) is 16.7. The van der Waals surface area contributed by atoms with E-state index in [4.69, 9.17) is 15.3 Å². The number of hydrogen-bond acceptors (Lipinski definition) is 4. The molecular formula is C22H27N3O4. The molecule has 2 N–H and O–H groups in total. The van der Waals surface area contributed by atoms with Crippen molar-refractivity contribution < 1.29 is 19.8 Å². The largest absolute Gasteiger partial charge is 0.481 e. The van der Waals surface area contributed by atoms with Crippen LogP contribution in [0.3, 0.4) is 0 Å². The summed E-state index contributed by atoms with van der Waals surface area (Å²) < 4.78 is 2.07. The molecule has 7 heteroatoms. The van der Waals surface area contributed by atoms with E-state index in [1.807, 2.05) is 18.2 Å². The molecule has 1 heterocycles. The van der Waals surface area contributed by atoms with E-state index < -0.39 is 17.4 Å². The monoisotopic (exact) mass is 397 g/mol. The van der Waals surface area contributed by atoms with Gasteiger partial charge in [-0.15, -0.1) is 0 Å². The number of aliphatic carboxylic acids is 2. The molecular weight excluding hydrogens is 370 g/mol. The number of hydrogen-bond donors (Lipinski definition) is 2. The van der Waals surface area contributed by atoms with Crippen LogP contribution in [0.5, 0.6) is 0 Å². The van der Waals surface area contributed by atoms with Gasteiger partial charge in [0.25, 0.3) is 0 Å². The molecule has 1 saturated carbocycles. The number of nitriles is 1. The van der Waals surface area contributed by atoms with Crippen LogP contribution in [0.4, 0.5) is 0 Å². The van der Waals surface area contributed by atoms with Crippen molar-refractivity contribution in [2.45, 2.75) is 76.2 Å². The van der Waals surface area contributed by atoms with Crippen LogP contribution in [-0.4, -0.2) is 31.9 Å². The van der Waals surface area contributed by atoms with E-state index in [1.165, 1.54) is 12.8 Å². The van der Waals surface area contributed by atoms with Crippen molar-refractivity contribution in [3.63, 3.8) is 0 Å². The van der Waals surface area contributed by atoms with Crippen LogP contribution in [-0.2, 0) is 21.4 Å². The van der Waals surface area contributed by atoms with Gasteiger partial charge in [0, 0.05) is 18.2 Å². The average Bonchev–Trinajstić information content (AvgIpc) is 3.35. The fourth-order valence-corrected chi connectivity index (χ4v) is 4.42. The Hall–Kier alpha value is -2.88. The quantitative estimate of drug-likeness (QED) is 0.655. The molecule has 0 unspecified atom stereocenters. The van der Waals surface area contributed by atoms with E-state index in [9.17, 15) is 14.9 Å². The summed E-state index contributed by atoms with van der Waals surface area (Å²) in [6, 6.07) is 8.33. The lowest BCUT2D eigenvalue weighted by Gasteiger charge is -2.26. The fraction of sp³-hybridized carbons (Fsp3) is 0.545. The Bertz CT molecular complexity index is 933. The topological polar surface area (TPSA) is 116 Å². The molecule has 0 atom stereocenters. The molecule has 29 heavy (non-hydrogen) atoms. The number of benzene rings is 1. The first-order chi connectivity index (χ1) is 13.9. The minimum Gasteiger partial charge on any atom is -0.481 e. The summed E-state index contributed by atoms with van der Waals surface area (Å²) in [5.41, 5.74) is 1.49. The van der Waals surface area contributed by atoms with Gasteiger partial charge in [-0.05, 0) is 43.7 Å². The van der Waals surface area contributed by atoms with Gasteiger partial charge in [0.05, 0.1) is 28.7 Å². The summed E-state index contributed by atoms with van der Waals surface area (Å²) in [5.74, 6) is -1.99. The Balaban J connectivity index is 2.10. The highest BCUT2D eigenvalue weighted by Gasteiger charge is 2.34. The Morgan fingerprint density at radius 3 is 2.34 bits per heavy atom. The molecule has 3 rings (SSSR count). The van der Waals surface area contributed by atoms with Crippen molar-refractivity contribution in [3.05, 3.63) is 29.5 Å². The fourth-order valence-electron chi connectivity index (χ4n) is 4.42. The second kappa shape index (κ2) is 8.64. The van der Waals surface area contributed by atoms with E-state index in [2.05, 4.69) is 17.7 Å². The molecule has 1 fully saturated rings. The number of rotatable bonds is 9. The lowest BCUT2D eigenvalue weighted by molar-refractivity contribution is -0.137. The van der Waals surface area contributed by atoms with Crippen LogP contribution < -0.4 is 0 Å². The maximum Gasteiger partial charge on any atom is 0.303 e. The third-order valence-electron chi connectivity index (χ3n) is 6.09. The molecule has 1 aromatic carbocycles. The molecule has 0 radical (unpaired) electrons. The first kappa shape index (κ1) is 20.8. The molecule has 2 aromatic rings. The second-order valence-electron chi connectivity index (χ2n) is 7.90. The average molecular weight is 397 g/mol. The molecule has 0 spiro atoms. The number of aromatic nitrogens is 2. The predicted molar refractivity (Wildman–Crippen MR) is 108 cm³/mol. The van der Waals surface area contributed by atoms with Crippen molar-refractivity contribution in [1.29, 1.82) is 5.26 Å². The van der Waals surface area contributed by atoms with Gasteiger partial charge in [-0.3, -0.25) is 14.3 Å². The molecule has 1 aliphatic carbocycles. The van der Waals surface area contributed by atoms with Crippen molar-refractivity contribution in [1.82, 2.24) is 9.78 Å². The molecule has 0 aliphatic heterocycles. The maximum absolute atomic E-state index is 11.2. The number of nitrogens with zero attached hydrogens (tertiary/aromatic N) is 3. The summed E-state index contributed by atoms with van der Waals surface area (Å²) in [5, 5.41) is 34.2. The molecule has 1 aromatic heterocycles. The summed E-state index contributed by atoms with van der Waals surface area (Å²) in [6.45, 7) is 2.06. The zero-order valence-electron chi connectivity index (χ0n) is 16.7. The van der Waals surface area contributed by atoms with Gasteiger partial charge in [-0.25, -0.2) is 0 Å². The van der Waals surface area contributed by atoms with Crippen LogP contribution >= 0.6 is 0 Å². The van der Waals surface area contributed by atoms with Crippen molar-refractivity contribution in [2.24, 2.45) is 0 Å². The Morgan fingerprint density at radius 2 is 1.83 bits per heavy atom. The highest BCUT2D eigenvalue weighted by molar-refractivity contribution is 5.83. The Morgan fingerprint density at radius 1 is 1.21 bits per heavy atom. The Kier molecular flexibility index (Phi) is 6.21. The van der Waals surface area contributed by atoms with Gasteiger partial charge in [0.1, 0.15) is 0 Å². The van der Waals surface area contributed by atoms with Crippen LogP contribution in [0, 0.1) is 11.3 Å². The van der Waals surface area contributed by atoms with Crippen molar-refractivity contribution in [2.75, 3.05) is 0 Å². The number of fused-ring (bicyclic) bond motifs is 1. The minimum atomic E-state index is -1.15. The SMILES string of the molecule is CCc1nn(C2CCCC2)c2cc(C(C#N)(CCC(=O)O)CCC(=O)O)ccc12. The highest BCUT2D eigenvalue weighted by Crippen LogP contribution is 2.38. The first-order valence-electron chi connectivity index (χ1n) is 10.3. The lowest BCUT2D eigenvalue weighted by atomic mass is 9.74. The van der Waals surface area contributed by atoms with E-state index in [0.29, 0.717) is 11.6 Å². The normalized spacial score (nSPS) is 14.9. The second-order valence-corrected chi connectivity index (χ2v) is 7.90. The lowest BCUT2D eigenvalue weighted by Crippen LogP contribution is -2.26. The third kappa shape index (κ3) is 4.26. The Labute approximate surface area is 169 Å². The summed E-state index contributed by atoms with van der Waals surface area (Å²) >= 11 is 0. The summed E-state index contributed by atoms with van der Waals surface area (Å²) in [7, 11) is 0. The van der Waals surface area contributed by atoms with Crippen molar-refractivity contribution >= 4 is 22.8 Å². The van der Waals surface area contributed by atoms with Gasteiger partial charge < -0.3 is 10.2 Å². The number of carbonyl (C=O) groups is 2. The minimum absolute atomic E-state index is 0.0792. The van der Waals surface area contributed by atoms with Crippen LogP contribution in [0.15, 0.2) is 18.2 Å². The number of carboxylic acid groups (broad SMARTS) is 2. The van der Waals surface area contributed by atoms with Gasteiger partial charge in [-0.2, -0.15) is 10.4 Å². The predicted octanol–water partition coefficient (Wildman–Crippen LogP) is 4.20. The van der Waals surface area contributed by atoms with Gasteiger partial charge in [0.2, 0.25) is 0 Å². The molecule has 0 amide bonds. The highest BCUT2D eigenvalue weighted by atomic mass is 16.4. The molecule has 1 aliphatic rings. The zero-order chi connectivity index (χ0) is 21.0. The molecule has 0 saturated heterocycles. The van der Waals surface area contributed by atoms with Gasteiger partial charge >= 0.3 is 11.9 Å². The van der Waals surface area contributed by atoms with Crippen LogP contribution in [0.25, 0.3) is 10.9 Å². The maximum atomic E-state index is 11.2. The van der Waals surface area contributed by atoms with E-state index in [0.717, 1.165) is 35.9 Å². The van der Waals surface area contributed by atoms with E-state index in [1.54, 1.807) is 0 Å². The standard InChI is InChI=1S/C22H27N3O4/c1-2-18-17-8-7-15(13-19(17)25(24-18)16-5-3-4-6-16)22(14-23,11-9-20(26)27)12-10-21(28)29/h7-8,13,16H,2-6,9-12H2,1H3,(H,26,27)(H,28,29). The van der Waals surface area contributed by atoms with Gasteiger partial charge in [-0.1, -0.05) is 31.9 Å². The first-order valence-corrected chi connectivity index (χ1v) is 10.3. The molecule has 154 valence electrons. The number of aryl methyl sites for hydroxylation is 1. The summed E-state index contributed by atoms with van der Waals surface area (Å²) in [4.78, 5) is 22.3. The third-order valence-corrected chi connectivity index (χ3v) is 6.09. The van der Waals surface area contributed by atoms with Crippen LogP contribution in [0.1, 0.15) is 75.6 Å². The van der Waals surface area contributed by atoms with E-state index >= 15 is 0 Å². The smallest absolute Gasteiger partial charge is 0.303 e. The summed E-state index contributed by atoms with van der Waals surface area (Å²) in [6.07, 6.45) is 5.08. The van der Waals surface area contributed by atoms with Crippen molar-refractivity contribution in [3.8, 4) is 6.07 Å². The number of carboxylic acids is 2. The molecule has 7 nitrogen and oxygen atoms in total. The van der Waals surface area contributed by atoms with E-state index in [-0.39, 0.29) is 25.7 Å².